The average Bonchev–Trinajstić information content (AvgIpc) is 3.11. The molecule has 150 valence electrons. The van der Waals surface area contributed by atoms with E-state index in [1.807, 2.05) is 62.6 Å². The summed E-state index contributed by atoms with van der Waals surface area (Å²) in [5.74, 6) is 0.625. The Kier molecular flexibility index (Phi) is 6.73. The van der Waals surface area contributed by atoms with E-state index in [1.165, 1.54) is 0 Å². The first-order valence-electron chi connectivity index (χ1n) is 9.53. The van der Waals surface area contributed by atoms with E-state index >= 15 is 0 Å². The average molecular weight is 403 g/mol. The largest absolute Gasteiger partial charge is 0.436 e. The lowest BCUT2D eigenvalue weighted by atomic mass is 9.89. The fourth-order valence-corrected chi connectivity index (χ4v) is 3.81. The van der Waals surface area contributed by atoms with Crippen molar-refractivity contribution in [2.75, 3.05) is 14.1 Å². The minimum absolute atomic E-state index is 0. The number of halogens is 1. The van der Waals surface area contributed by atoms with Gasteiger partial charge in [0, 0.05) is 11.6 Å². The highest BCUT2D eigenvalue weighted by molar-refractivity contribution is 5.85. The molecule has 0 radical (unpaired) electrons. The SMILES string of the molecule is CN(C)C1CCCC(OCc2ccc(-c3nc4ccccc4o3)cc2)C1O.Cl. The molecule has 0 saturated heterocycles. The maximum atomic E-state index is 10.6. The summed E-state index contributed by atoms with van der Waals surface area (Å²) in [5, 5.41) is 10.6. The van der Waals surface area contributed by atoms with Crippen molar-refractivity contribution in [1.82, 2.24) is 9.88 Å². The first-order valence-corrected chi connectivity index (χ1v) is 9.53. The number of rotatable bonds is 5. The monoisotopic (exact) mass is 402 g/mol. The van der Waals surface area contributed by atoms with Gasteiger partial charge in [0.2, 0.25) is 5.89 Å². The summed E-state index contributed by atoms with van der Waals surface area (Å²) in [6.45, 7) is 0.496. The van der Waals surface area contributed by atoms with Crippen LogP contribution in [0.3, 0.4) is 0 Å². The standard InChI is InChI=1S/C22H26N2O3.ClH/c1-24(2)18-7-5-9-20(21(18)25)26-14-15-10-12-16(13-11-15)22-23-17-6-3-4-8-19(17)27-22;/h3-4,6,8,10-13,18,20-21,25H,5,7,9,14H2,1-2H3;1H. The molecule has 0 amide bonds. The number of aliphatic hydroxyl groups is 1. The second kappa shape index (κ2) is 9.05. The molecular weight excluding hydrogens is 376 g/mol. The van der Waals surface area contributed by atoms with E-state index in [4.69, 9.17) is 9.15 Å². The van der Waals surface area contributed by atoms with Gasteiger partial charge >= 0.3 is 0 Å². The van der Waals surface area contributed by atoms with Gasteiger partial charge in [0.05, 0.1) is 18.8 Å². The number of para-hydroxylation sites is 2. The van der Waals surface area contributed by atoms with Gasteiger partial charge in [-0.2, -0.15) is 0 Å². The van der Waals surface area contributed by atoms with Crippen molar-refractivity contribution in [1.29, 1.82) is 0 Å². The lowest BCUT2D eigenvalue weighted by Gasteiger charge is -2.38. The minimum atomic E-state index is -0.437. The summed E-state index contributed by atoms with van der Waals surface area (Å²) in [5.41, 5.74) is 3.68. The summed E-state index contributed by atoms with van der Waals surface area (Å²) >= 11 is 0. The van der Waals surface area contributed by atoms with Crippen molar-refractivity contribution < 1.29 is 14.3 Å². The van der Waals surface area contributed by atoms with Crippen LogP contribution in [0.15, 0.2) is 52.9 Å². The molecule has 0 bridgehead atoms. The number of ether oxygens (including phenoxy) is 1. The zero-order valence-corrected chi connectivity index (χ0v) is 17.1. The van der Waals surface area contributed by atoms with Crippen LogP contribution in [0.4, 0.5) is 0 Å². The maximum absolute atomic E-state index is 10.6. The number of likely N-dealkylation sites (N-methyl/N-ethyl adjacent to an activating group) is 1. The molecule has 1 N–H and O–H groups in total. The Morgan fingerprint density at radius 3 is 2.57 bits per heavy atom. The van der Waals surface area contributed by atoms with Gasteiger partial charge < -0.3 is 19.2 Å². The third-order valence-corrected chi connectivity index (χ3v) is 5.39. The van der Waals surface area contributed by atoms with Crippen LogP contribution in [0, 0.1) is 0 Å². The normalized spacial score (nSPS) is 22.4. The molecule has 5 nitrogen and oxygen atoms in total. The van der Waals surface area contributed by atoms with Crippen LogP contribution in [0.25, 0.3) is 22.6 Å². The van der Waals surface area contributed by atoms with Gasteiger partial charge in [0.25, 0.3) is 0 Å². The topological polar surface area (TPSA) is 58.7 Å². The highest BCUT2D eigenvalue weighted by Gasteiger charge is 2.33. The Balaban J connectivity index is 0.00000225. The van der Waals surface area contributed by atoms with Crippen molar-refractivity contribution >= 4 is 23.5 Å². The second-order valence-corrected chi connectivity index (χ2v) is 7.49. The lowest BCUT2D eigenvalue weighted by Crippen LogP contribution is -2.49. The van der Waals surface area contributed by atoms with Gasteiger partial charge in [-0.05, 0) is 63.2 Å². The predicted molar refractivity (Wildman–Crippen MR) is 113 cm³/mol. The van der Waals surface area contributed by atoms with E-state index in [-0.39, 0.29) is 24.6 Å². The Morgan fingerprint density at radius 2 is 1.86 bits per heavy atom. The minimum Gasteiger partial charge on any atom is -0.436 e. The second-order valence-electron chi connectivity index (χ2n) is 7.49. The Bertz CT molecular complexity index is 861. The first-order chi connectivity index (χ1) is 13.1. The third-order valence-electron chi connectivity index (χ3n) is 5.39. The molecule has 0 aliphatic heterocycles. The molecule has 28 heavy (non-hydrogen) atoms. The molecule has 1 aliphatic rings. The lowest BCUT2D eigenvalue weighted by molar-refractivity contribution is -0.0957. The van der Waals surface area contributed by atoms with E-state index in [0.717, 1.165) is 41.5 Å². The van der Waals surface area contributed by atoms with Crippen LogP contribution < -0.4 is 0 Å². The number of nitrogens with zero attached hydrogens (tertiary/aromatic N) is 2. The molecule has 4 rings (SSSR count). The molecule has 0 spiro atoms. The number of aliphatic hydroxyl groups excluding tert-OH is 1. The van der Waals surface area contributed by atoms with Crippen LogP contribution in [0.1, 0.15) is 24.8 Å². The quantitative estimate of drug-likeness (QED) is 0.690. The van der Waals surface area contributed by atoms with Gasteiger partial charge in [0.15, 0.2) is 5.58 Å². The van der Waals surface area contributed by atoms with Gasteiger partial charge in [-0.15, -0.1) is 12.4 Å². The molecule has 1 aromatic heterocycles. The molecule has 3 unspecified atom stereocenters. The van der Waals surface area contributed by atoms with Crippen molar-refractivity contribution in [2.45, 2.75) is 44.1 Å². The third kappa shape index (κ3) is 4.39. The number of oxazole rings is 1. The predicted octanol–water partition coefficient (Wildman–Crippen LogP) is 4.28. The van der Waals surface area contributed by atoms with E-state index in [2.05, 4.69) is 9.88 Å². The maximum Gasteiger partial charge on any atom is 0.227 e. The Labute approximate surface area is 171 Å². The molecule has 1 aliphatic carbocycles. The van der Waals surface area contributed by atoms with E-state index in [0.29, 0.717) is 12.5 Å². The van der Waals surface area contributed by atoms with Crippen molar-refractivity contribution in [3.8, 4) is 11.5 Å². The molecule has 2 aromatic carbocycles. The first kappa shape index (κ1) is 20.8. The number of hydrogen-bond acceptors (Lipinski definition) is 5. The van der Waals surface area contributed by atoms with Crippen LogP contribution in [-0.4, -0.2) is 47.3 Å². The Hall–Kier alpha value is -1.92. The zero-order valence-electron chi connectivity index (χ0n) is 16.2. The fraction of sp³-hybridized carbons (Fsp3) is 0.409. The summed E-state index contributed by atoms with van der Waals surface area (Å²) in [6, 6.07) is 16.0. The fourth-order valence-electron chi connectivity index (χ4n) is 3.81. The molecule has 6 heteroatoms. The van der Waals surface area contributed by atoms with Crippen LogP contribution in [0.5, 0.6) is 0 Å². The van der Waals surface area contributed by atoms with Crippen molar-refractivity contribution in [3.05, 3.63) is 54.1 Å². The van der Waals surface area contributed by atoms with Crippen molar-refractivity contribution in [3.63, 3.8) is 0 Å². The van der Waals surface area contributed by atoms with Crippen LogP contribution >= 0.6 is 12.4 Å². The van der Waals surface area contributed by atoms with E-state index < -0.39 is 6.10 Å². The number of fused-ring (bicyclic) bond motifs is 1. The zero-order chi connectivity index (χ0) is 18.8. The van der Waals surface area contributed by atoms with E-state index in [9.17, 15) is 5.11 Å². The number of aromatic nitrogens is 1. The van der Waals surface area contributed by atoms with Gasteiger partial charge in [-0.25, -0.2) is 4.98 Å². The number of hydrogen-bond donors (Lipinski definition) is 1. The van der Waals surface area contributed by atoms with E-state index in [1.54, 1.807) is 0 Å². The highest BCUT2D eigenvalue weighted by Crippen LogP contribution is 2.27. The molecule has 3 atom stereocenters. The molecular formula is C22H27ClN2O3. The summed E-state index contributed by atoms with van der Waals surface area (Å²) in [6.07, 6.45) is 2.47. The summed E-state index contributed by atoms with van der Waals surface area (Å²) in [4.78, 5) is 6.62. The van der Waals surface area contributed by atoms with Crippen molar-refractivity contribution in [2.24, 2.45) is 0 Å². The molecule has 3 aromatic rings. The molecule has 1 fully saturated rings. The number of benzene rings is 2. The smallest absolute Gasteiger partial charge is 0.227 e. The van der Waals surface area contributed by atoms with Crippen LogP contribution in [0.2, 0.25) is 0 Å². The van der Waals surface area contributed by atoms with Gasteiger partial charge in [-0.3, -0.25) is 0 Å². The molecule has 1 saturated carbocycles. The Morgan fingerprint density at radius 1 is 1.11 bits per heavy atom. The summed E-state index contributed by atoms with van der Waals surface area (Å²) in [7, 11) is 4.03. The van der Waals surface area contributed by atoms with Gasteiger partial charge in [0.1, 0.15) is 5.52 Å². The van der Waals surface area contributed by atoms with Gasteiger partial charge in [-0.1, -0.05) is 24.3 Å². The van der Waals surface area contributed by atoms with Crippen LogP contribution in [-0.2, 0) is 11.3 Å². The summed E-state index contributed by atoms with van der Waals surface area (Å²) < 4.78 is 11.9. The highest BCUT2D eigenvalue weighted by atomic mass is 35.5. The molecule has 1 heterocycles.